The van der Waals surface area contributed by atoms with Gasteiger partial charge in [0.25, 0.3) is 0 Å². The third-order valence-corrected chi connectivity index (χ3v) is 9.04. The molecule has 1 saturated heterocycles. The molecule has 3 rings (SSSR count). The predicted octanol–water partition coefficient (Wildman–Crippen LogP) is 2.52. The van der Waals surface area contributed by atoms with Crippen molar-refractivity contribution in [2.24, 2.45) is 0 Å². The van der Waals surface area contributed by atoms with Gasteiger partial charge < -0.3 is 5.32 Å². The average molecular weight is 432 g/mol. The maximum absolute atomic E-state index is 13.5. The molecular weight excluding hydrogens is 413 g/mol. The van der Waals surface area contributed by atoms with Gasteiger partial charge in [-0.2, -0.15) is 0 Å². The van der Waals surface area contributed by atoms with Crippen LogP contribution < -0.4 is 5.32 Å². The molecule has 0 radical (unpaired) electrons. The number of rotatable bonds is 5. The molecule has 2 aromatic carbocycles. The zero-order valence-electron chi connectivity index (χ0n) is 14.5. The lowest BCUT2D eigenvalue weighted by Crippen LogP contribution is -2.43. The second-order valence-corrected chi connectivity index (χ2v) is 11.4. The van der Waals surface area contributed by atoms with Crippen molar-refractivity contribution in [1.29, 1.82) is 0 Å². The van der Waals surface area contributed by atoms with E-state index in [2.05, 4.69) is 5.32 Å². The molecule has 1 N–H and O–H groups in total. The molecule has 1 heterocycles. The van der Waals surface area contributed by atoms with Crippen LogP contribution in [-0.4, -0.2) is 39.6 Å². The monoisotopic (exact) mass is 431 g/mol. The molecule has 1 aliphatic rings. The lowest BCUT2D eigenvalue weighted by molar-refractivity contribution is 0.525. The van der Waals surface area contributed by atoms with Crippen molar-refractivity contribution >= 4 is 31.3 Å². The summed E-state index contributed by atoms with van der Waals surface area (Å²) in [5, 5.41) is 2.50. The highest BCUT2D eigenvalue weighted by Crippen LogP contribution is 2.27. The minimum absolute atomic E-state index is 0.0678. The fourth-order valence-electron chi connectivity index (χ4n) is 3.13. The number of hydrogen-bond donors (Lipinski definition) is 1. The molecule has 2 atom stereocenters. The quantitative estimate of drug-likeness (QED) is 0.736. The molecule has 0 unspecified atom stereocenters. The fraction of sp³-hybridized carbons (Fsp3) is 0.333. The van der Waals surface area contributed by atoms with Crippen molar-refractivity contribution in [1.82, 2.24) is 5.32 Å². The molecule has 0 aliphatic carbocycles. The highest BCUT2D eigenvalue weighted by atomic mass is 35.5. The zero-order chi connectivity index (χ0) is 19.8. The lowest BCUT2D eigenvalue weighted by Gasteiger charge is -2.20. The Kier molecular flexibility index (Phi) is 5.63. The van der Waals surface area contributed by atoms with E-state index >= 15 is 0 Å². The van der Waals surface area contributed by atoms with Gasteiger partial charge in [0.05, 0.1) is 21.7 Å². The van der Waals surface area contributed by atoms with Crippen LogP contribution in [0.5, 0.6) is 0 Å². The Morgan fingerprint density at radius 1 is 1.15 bits per heavy atom. The molecule has 1 aliphatic heterocycles. The third-order valence-electron chi connectivity index (χ3n) is 4.64. The Labute approximate surface area is 163 Å². The van der Waals surface area contributed by atoms with Crippen molar-refractivity contribution in [3.05, 3.63) is 64.4 Å². The van der Waals surface area contributed by atoms with Gasteiger partial charge in [-0.3, -0.25) is 0 Å². The predicted molar refractivity (Wildman–Crippen MR) is 103 cm³/mol. The third kappa shape index (κ3) is 4.51. The Bertz CT molecular complexity index is 1050. The molecule has 1 fully saturated rings. The largest absolute Gasteiger partial charge is 0.308 e. The average Bonchev–Trinajstić information content (AvgIpc) is 2.92. The standard InChI is InChI=1S/C18H19ClFNO4S2/c1-12-8-15(6-7-16(12)20)27(24,25)18-11-26(22,23)10-17(18)21-9-13-2-4-14(19)5-3-13/h2-8,17-18,21H,9-11H2,1H3/t17-,18-/m0/s1. The molecule has 27 heavy (non-hydrogen) atoms. The van der Waals surface area contributed by atoms with E-state index in [1.807, 2.05) is 0 Å². The number of sulfone groups is 2. The molecule has 0 saturated carbocycles. The van der Waals surface area contributed by atoms with Crippen LogP contribution in [0.15, 0.2) is 47.4 Å². The zero-order valence-corrected chi connectivity index (χ0v) is 16.9. The van der Waals surface area contributed by atoms with E-state index < -0.39 is 42.5 Å². The Hall–Kier alpha value is -1.48. The first kappa shape index (κ1) is 20.3. The van der Waals surface area contributed by atoms with Crippen LogP contribution >= 0.6 is 11.6 Å². The van der Waals surface area contributed by atoms with Crippen LogP contribution in [0.2, 0.25) is 5.02 Å². The van der Waals surface area contributed by atoms with Crippen molar-refractivity contribution < 1.29 is 21.2 Å². The first-order valence-electron chi connectivity index (χ1n) is 8.27. The number of hydrogen-bond acceptors (Lipinski definition) is 5. The topological polar surface area (TPSA) is 80.3 Å². The van der Waals surface area contributed by atoms with Crippen LogP contribution in [0.1, 0.15) is 11.1 Å². The highest BCUT2D eigenvalue weighted by molar-refractivity contribution is 7.96. The second kappa shape index (κ2) is 7.50. The molecule has 2 aromatic rings. The van der Waals surface area contributed by atoms with Gasteiger partial charge in [-0.05, 0) is 48.4 Å². The summed E-state index contributed by atoms with van der Waals surface area (Å²) in [4.78, 5) is -0.0678. The van der Waals surface area contributed by atoms with Gasteiger partial charge in [0.1, 0.15) is 5.82 Å². The van der Waals surface area contributed by atoms with E-state index in [0.717, 1.165) is 11.6 Å². The van der Waals surface area contributed by atoms with Gasteiger partial charge in [0, 0.05) is 17.6 Å². The fourth-order valence-corrected chi connectivity index (χ4v) is 8.06. The number of benzene rings is 2. The molecule has 5 nitrogen and oxygen atoms in total. The van der Waals surface area contributed by atoms with E-state index in [4.69, 9.17) is 11.6 Å². The smallest absolute Gasteiger partial charge is 0.183 e. The first-order chi connectivity index (χ1) is 12.6. The SMILES string of the molecule is Cc1cc(S(=O)(=O)[C@H]2CS(=O)(=O)C[C@@H]2NCc2ccc(Cl)cc2)ccc1F. The lowest BCUT2D eigenvalue weighted by atomic mass is 10.2. The van der Waals surface area contributed by atoms with Crippen LogP contribution in [0, 0.1) is 12.7 Å². The van der Waals surface area contributed by atoms with Gasteiger partial charge in [-0.15, -0.1) is 0 Å². The first-order valence-corrected chi connectivity index (χ1v) is 12.0. The molecule has 0 spiro atoms. The van der Waals surface area contributed by atoms with E-state index in [9.17, 15) is 21.2 Å². The van der Waals surface area contributed by atoms with E-state index in [0.29, 0.717) is 11.6 Å². The molecule has 0 aromatic heterocycles. The van der Waals surface area contributed by atoms with E-state index in [1.54, 1.807) is 24.3 Å². The van der Waals surface area contributed by atoms with Crippen LogP contribution in [0.25, 0.3) is 0 Å². The summed E-state index contributed by atoms with van der Waals surface area (Å²) in [7, 11) is -7.44. The highest BCUT2D eigenvalue weighted by Gasteiger charge is 2.45. The molecular formula is C18H19ClFNO4S2. The van der Waals surface area contributed by atoms with Gasteiger partial charge in [0.2, 0.25) is 0 Å². The molecule has 0 bridgehead atoms. The molecule has 9 heteroatoms. The van der Waals surface area contributed by atoms with E-state index in [1.165, 1.54) is 19.1 Å². The van der Waals surface area contributed by atoms with Crippen molar-refractivity contribution in [3.63, 3.8) is 0 Å². The Morgan fingerprint density at radius 2 is 1.81 bits per heavy atom. The summed E-state index contributed by atoms with van der Waals surface area (Å²) >= 11 is 5.85. The van der Waals surface area contributed by atoms with Gasteiger partial charge in [0.15, 0.2) is 19.7 Å². The Balaban J connectivity index is 1.86. The maximum Gasteiger partial charge on any atom is 0.183 e. The van der Waals surface area contributed by atoms with Crippen molar-refractivity contribution in [3.8, 4) is 0 Å². The summed E-state index contributed by atoms with van der Waals surface area (Å²) in [6.45, 7) is 1.78. The normalized spacial score (nSPS) is 22.0. The number of halogens is 2. The Morgan fingerprint density at radius 3 is 2.44 bits per heavy atom. The summed E-state index contributed by atoms with van der Waals surface area (Å²) in [5.41, 5.74) is 1.06. The summed E-state index contributed by atoms with van der Waals surface area (Å²) < 4.78 is 63.8. The minimum Gasteiger partial charge on any atom is -0.308 e. The van der Waals surface area contributed by atoms with Crippen LogP contribution in [-0.2, 0) is 26.2 Å². The van der Waals surface area contributed by atoms with Crippen LogP contribution in [0.3, 0.4) is 0 Å². The van der Waals surface area contributed by atoms with Crippen molar-refractivity contribution in [2.75, 3.05) is 11.5 Å². The molecule has 146 valence electrons. The summed E-state index contributed by atoms with van der Waals surface area (Å²) in [6.07, 6.45) is 0. The van der Waals surface area contributed by atoms with Gasteiger partial charge in [-0.25, -0.2) is 21.2 Å². The maximum atomic E-state index is 13.5. The second-order valence-electron chi connectivity index (χ2n) is 6.69. The summed E-state index contributed by atoms with van der Waals surface area (Å²) in [6, 6.07) is 9.74. The molecule has 0 amide bonds. The van der Waals surface area contributed by atoms with E-state index in [-0.39, 0.29) is 16.2 Å². The number of nitrogens with one attached hydrogen (secondary N) is 1. The van der Waals surface area contributed by atoms with Gasteiger partial charge >= 0.3 is 0 Å². The minimum atomic E-state index is -3.94. The number of aryl methyl sites for hydroxylation is 1. The van der Waals surface area contributed by atoms with Gasteiger partial charge in [-0.1, -0.05) is 23.7 Å². The van der Waals surface area contributed by atoms with Crippen LogP contribution in [0.4, 0.5) is 4.39 Å². The summed E-state index contributed by atoms with van der Waals surface area (Å²) in [5.74, 6) is -1.22. The van der Waals surface area contributed by atoms with Crippen molar-refractivity contribution in [2.45, 2.75) is 29.7 Å².